The smallest absolute Gasteiger partial charge is 0.389 e. The summed E-state index contributed by atoms with van der Waals surface area (Å²) in [6.07, 6.45) is 0. The normalized spacial score (nSPS) is 9.07. The molecule has 1 aromatic rings. The zero-order valence-corrected chi connectivity index (χ0v) is 7.24. The topological polar surface area (TPSA) is 195 Å². The third-order valence-electron chi connectivity index (χ3n) is 1.18. The van der Waals surface area contributed by atoms with Crippen LogP contribution in [0.5, 0.6) is 0 Å². The molecule has 0 spiro atoms. The first kappa shape index (κ1) is 12.4. The van der Waals surface area contributed by atoms with Crippen molar-refractivity contribution in [3.63, 3.8) is 0 Å². The standard InChI is InChI=1S/C3HN5O6.H3N/c9-6(10)1-2(7(11)12)5-3(4-1)8(13)14;/h(H,4,5);1H3/p+1. The molecule has 0 unspecified atom stereocenters. The summed E-state index contributed by atoms with van der Waals surface area (Å²) in [5.74, 6) is -3.33. The van der Waals surface area contributed by atoms with Gasteiger partial charge in [-0.1, -0.05) is 0 Å². The molecule has 0 saturated heterocycles. The van der Waals surface area contributed by atoms with E-state index < -0.39 is 32.4 Å². The minimum Gasteiger partial charge on any atom is -0.389 e. The minimum atomic E-state index is -1.18. The van der Waals surface area contributed by atoms with E-state index in [1.54, 1.807) is 4.98 Å². The van der Waals surface area contributed by atoms with Gasteiger partial charge in [-0.15, -0.1) is 0 Å². The van der Waals surface area contributed by atoms with Crippen LogP contribution in [0.3, 0.4) is 0 Å². The summed E-state index contributed by atoms with van der Waals surface area (Å²) in [6.45, 7) is 0. The maximum Gasteiger partial charge on any atom is 0.504 e. The Morgan fingerprint density at radius 3 is 1.80 bits per heavy atom. The van der Waals surface area contributed by atoms with Gasteiger partial charge in [-0.3, -0.25) is 0 Å². The molecule has 0 aliphatic carbocycles. The van der Waals surface area contributed by atoms with Gasteiger partial charge in [0.15, 0.2) is 0 Å². The van der Waals surface area contributed by atoms with Crippen molar-refractivity contribution in [3.05, 3.63) is 30.3 Å². The SMILES string of the molecule is O=[N+]([O-])c1nc([N+](=O)[O-])c([N+](=O)[O-])[nH]1.[NH4+]. The van der Waals surface area contributed by atoms with Gasteiger partial charge in [0, 0.05) is 0 Å². The van der Waals surface area contributed by atoms with Crippen LogP contribution in [0.2, 0.25) is 0 Å². The van der Waals surface area contributed by atoms with Crippen LogP contribution in [0.15, 0.2) is 0 Å². The summed E-state index contributed by atoms with van der Waals surface area (Å²) in [5.41, 5.74) is 0. The van der Waals surface area contributed by atoms with Crippen LogP contribution in [0.25, 0.3) is 0 Å². The van der Waals surface area contributed by atoms with Crippen molar-refractivity contribution in [1.82, 2.24) is 16.1 Å². The summed E-state index contributed by atoms with van der Waals surface area (Å²) in [4.78, 5) is 31.4. The van der Waals surface area contributed by atoms with E-state index in [0.717, 1.165) is 0 Å². The number of imidazole rings is 1. The van der Waals surface area contributed by atoms with E-state index in [4.69, 9.17) is 0 Å². The Labute approximate surface area is 80.0 Å². The van der Waals surface area contributed by atoms with Crippen LogP contribution < -0.4 is 6.15 Å². The third kappa shape index (κ3) is 2.19. The van der Waals surface area contributed by atoms with E-state index in [9.17, 15) is 30.3 Å². The molecule has 0 radical (unpaired) electrons. The minimum absolute atomic E-state index is 0. The second kappa shape index (κ2) is 4.05. The lowest BCUT2D eigenvalue weighted by Gasteiger charge is -1.88. The van der Waals surface area contributed by atoms with Crippen molar-refractivity contribution in [3.8, 4) is 0 Å². The van der Waals surface area contributed by atoms with Gasteiger partial charge in [0.1, 0.15) is 0 Å². The number of H-pyrrole nitrogens is 1. The molecule has 0 aliphatic heterocycles. The van der Waals surface area contributed by atoms with E-state index >= 15 is 0 Å². The highest BCUT2D eigenvalue weighted by molar-refractivity contribution is 5.44. The number of quaternary nitrogens is 1. The first-order valence-corrected chi connectivity index (χ1v) is 2.96. The van der Waals surface area contributed by atoms with Crippen molar-refractivity contribution in [2.24, 2.45) is 0 Å². The Balaban J connectivity index is 0.00000196. The van der Waals surface area contributed by atoms with E-state index in [-0.39, 0.29) is 6.15 Å². The van der Waals surface area contributed by atoms with Crippen molar-refractivity contribution < 1.29 is 14.8 Å². The Hall–Kier alpha value is -2.63. The number of nitrogens with one attached hydrogen (secondary N) is 1. The zero-order chi connectivity index (χ0) is 10.9. The first-order chi connectivity index (χ1) is 6.43. The molecule has 15 heavy (non-hydrogen) atoms. The van der Waals surface area contributed by atoms with Crippen molar-refractivity contribution >= 4 is 17.6 Å². The molecule has 0 fully saturated rings. The number of nitrogens with zero attached hydrogens (tertiary/aromatic N) is 4. The van der Waals surface area contributed by atoms with E-state index in [1.165, 1.54) is 0 Å². The van der Waals surface area contributed by atoms with Crippen LogP contribution in [-0.2, 0) is 0 Å². The molecule has 0 aromatic carbocycles. The largest absolute Gasteiger partial charge is 0.504 e. The molecule has 0 amide bonds. The molecular formula is C3H5N6O6+. The lowest BCUT2D eigenvalue weighted by molar-refractivity contribution is -0.427. The quantitative estimate of drug-likeness (QED) is 0.547. The zero-order valence-electron chi connectivity index (χ0n) is 7.24. The maximum atomic E-state index is 10.2. The van der Waals surface area contributed by atoms with Gasteiger partial charge in [0.05, 0.1) is 4.98 Å². The van der Waals surface area contributed by atoms with E-state index in [0.29, 0.717) is 0 Å². The fourth-order valence-corrected chi connectivity index (χ4v) is 0.684. The molecular weight excluding hydrogens is 216 g/mol. The highest BCUT2D eigenvalue weighted by Crippen LogP contribution is 2.25. The summed E-state index contributed by atoms with van der Waals surface area (Å²) in [6, 6.07) is 0. The van der Waals surface area contributed by atoms with Gasteiger partial charge >= 0.3 is 17.6 Å². The summed E-state index contributed by atoms with van der Waals surface area (Å²) in [7, 11) is 0. The maximum absolute atomic E-state index is 10.2. The average Bonchev–Trinajstić information content (AvgIpc) is 2.47. The van der Waals surface area contributed by atoms with Gasteiger partial charge in [-0.05, 0) is 14.8 Å². The Morgan fingerprint density at radius 1 is 1.00 bits per heavy atom. The van der Waals surface area contributed by atoms with Crippen molar-refractivity contribution in [2.75, 3.05) is 0 Å². The van der Waals surface area contributed by atoms with Crippen molar-refractivity contribution in [2.45, 2.75) is 0 Å². The molecule has 0 saturated carbocycles. The number of aromatic amines is 1. The molecule has 5 N–H and O–H groups in total. The van der Waals surface area contributed by atoms with Gasteiger partial charge in [-0.2, -0.15) is 4.98 Å². The number of hydrogen-bond donors (Lipinski definition) is 2. The summed E-state index contributed by atoms with van der Waals surface area (Å²) < 4.78 is 0. The molecule has 1 rings (SSSR count). The van der Waals surface area contributed by atoms with Crippen molar-refractivity contribution in [1.29, 1.82) is 0 Å². The lowest BCUT2D eigenvalue weighted by atomic mass is 10.7. The summed E-state index contributed by atoms with van der Waals surface area (Å²) in [5, 5.41) is 30.4. The monoisotopic (exact) mass is 221 g/mol. The molecule has 1 heterocycles. The highest BCUT2D eigenvalue weighted by Gasteiger charge is 2.33. The second-order valence-electron chi connectivity index (χ2n) is 2.00. The lowest BCUT2D eigenvalue weighted by Crippen LogP contribution is -1.94. The third-order valence-corrected chi connectivity index (χ3v) is 1.18. The first-order valence-electron chi connectivity index (χ1n) is 2.96. The van der Waals surface area contributed by atoms with Gasteiger partial charge in [0.2, 0.25) is 0 Å². The molecule has 0 aliphatic rings. The fraction of sp³-hybridized carbons (Fsp3) is 0. The molecule has 12 nitrogen and oxygen atoms in total. The Kier molecular flexibility index (Phi) is 3.34. The Morgan fingerprint density at radius 2 is 1.53 bits per heavy atom. The van der Waals surface area contributed by atoms with Gasteiger partial charge < -0.3 is 36.5 Å². The Bertz CT molecular complexity index is 391. The van der Waals surface area contributed by atoms with E-state index in [2.05, 4.69) is 4.98 Å². The molecule has 12 heteroatoms. The fourth-order valence-electron chi connectivity index (χ4n) is 0.684. The highest BCUT2D eigenvalue weighted by atomic mass is 16.6. The van der Waals surface area contributed by atoms with Crippen LogP contribution in [0.4, 0.5) is 17.6 Å². The number of nitro groups is 3. The van der Waals surface area contributed by atoms with Gasteiger partial charge in [-0.25, -0.2) is 0 Å². The average molecular weight is 221 g/mol. The van der Waals surface area contributed by atoms with Crippen LogP contribution in [-0.4, -0.2) is 24.7 Å². The molecule has 1 aromatic heterocycles. The molecule has 82 valence electrons. The summed E-state index contributed by atoms with van der Waals surface area (Å²) >= 11 is 0. The van der Waals surface area contributed by atoms with Gasteiger partial charge in [0.25, 0.3) is 0 Å². The van der Waals surface area contributed by atoms with Crippen LogP contribution in [0.1, 0.15) is 0 Å². The number of aromatic nitrogens is 2. The number of hydrogen-bond acceptors (Lipinski definition) is 7. The molecule has 0 atom stereocenters. The van der Waals surface area contributed by atoms with Crippen LogP contribution >= 0.6 is 0 Å². The van der Waals surface area contributed by atoms with Crippen LogP contribution in [0, 0.1) is 30.3 Å². The molecule has 0 bridgehead atoms. The number of rotatable bonds is 3. The second-order valence-corrected chi connectivity index (χ2v) is 2.00. The predicted octanol–water partition coefficient (Wildman–Crippen LogP) is 0.510. The predicted molar refractivity (Wildman–Crippen MR) is 44.5 cm³/mol. The van der Waals surface area contributed by atoms with E-state index in [1.807, 2.05) is 0 Å².